The molecule has 0 fully saturated rings. The number of aliphatic hydroxyl groups excluding tert-OH is 1. The summed E-state index contributed by atoms with van der Waals surface area (Å²) in [7, 11) is 0. The van der Waals surface area contributed by atoms with Crippen LogP contribution in [0.15, 0.2) is 10.7 Å². The molecule has 0 spiro atoms. The molecule has 2 atom stereocenters. The average molecular weight is 307 g/mol. The van der Waals surface area contributed by atoms with Gasteiger partial charge in [-0.05, 0) is 29.3 Å². The molecule has 92 valence electrons. The number of hydrogen-bond acceptors (Lipinski definition) is 3. The van der Waals surface area contributed by atoms with Gasteiger partial charge in [0.15, 0.2) is 0 Å². The Morgan fingerprint density at radius 3 is 2.81 bits per heavy atom. The quantitative estimate of drug-likeness (QED) is 0.877. The first kappa shape index (κ1) is 14.1. The van der Waals surface area contributed by atoms with Gasteiger partial charge in [0.05, 0.1) is 16.4 Å². The zero-order chi connectivity index (χ0) is 12.1. The van der Waals surface area contributed by atoms with E-state index >= 15 is 0 Å². The molecule has 0 aliphatic heterocycles. The highest BCUT2D eigenvalue weighted by atomic mass is 79.9. The Morgan fingerprint density at radius 1 is 1.56 bits per heavy atom. The van der Waals surface area contributed by atoms with Gasteiger partial charge >= 0.3 is 0 Å². The molecule has 0 saturated heterocycles. The van der Waals surface area contributed by atoms with Crippen molar-refractivity contribution in [2.75, 3.05) is 5.75 Å². The number of nitrogens with zero attached hydrogens (tertiary/aromatic N) is 2. The monoisotopic (exact) mass is 306 g/mol. The zero-order valence-corrected chi connectivity index (χ0v) is 12.4. The fourth-order valence-corrected chi connectivity index (χ4v) is 2.87. The summed E-state index contributed by atoms with van der Waals surface area (Å²) in [4.78, 5) is 0. The van der Waals surface area contributed by atoms with Crippen LogP contribution in [0, 0.1) is 0 Å². The predicted octanol–water partition coefficient (Wildman–Crippen LogP) is 3.23. The average Bonchev–Trinajstić information content (AvgIpc) is 2.66. The molecule has 2 unspecified atom stereocenters. The Morgan fingerprint density at radius 2 is 2.25 bits per heavy atom. The third-order valence-corrected chi connectivity index (χ3v) is 4.58. The lowest BCUT2D eigenvalue weighted by atomic mass is 10.3. The summed E-state index contributed by atoms with van der Waals surface area (Å²) in [6.45, 7) is 7.16. The minimum Gasteiger partial charge on any atom is -0.386 e. The summed E-state index contributed by atoms with van der Waals surface area (Å²) >= 11 is 5.23. The van der Waals surface area contributed by atoms with E-state index in [2.05, 4.69) is 34.9 Å². The topological polar surface area (TPSA) is 38.1 Å². The molecule has 0 aliphatic carbocycles. The first-order valence-electron chi connectivity index (χ1n) is 5.61. The van der Waals surface area contributed by atoms with Gasteiger partial charge in [0.25, 0.3) is 0 Å². The maximum Gasteiger partial charge on any atom is 0.106 e. The van der Waals surface area contributed by atoms with Crippen LogP contribution in [0.3, 0.4) is 0 Å². The fraction of sp³-hybridized carbons (Fsp3) is 0.727. The molecule has 1 rings (SSSR count). The van der Waals surface area contributed by atoms with Crippen molar-refractivity contribution in [3.05, 3.63) is 16.4 Å². The summed E-state index contributed by atoms with van der Waals surface area (Å²) in [5.74, 6) is 0.722. The van der Waals surface area contributed by atoms with Gasteiger partial charge in [-0.25, -0.2) is 0 Å². The Kier molecular flexibility index (Phi) is 5.86. The molecule has 0 radical (unpaired) electrons. The Bertz CT molecular complexity index is 330. The summed E-state index contributed by atoms with van der Waals surface area (Å²) in [6.07, 6.45) is 2.43. The van der Waals surface area contributed by atoms with Gasteiger partial charge in [-0.3, -0.25) is 4.68 Å². The molecule has 1 aromatic heterocycles. The van der Waals surface area contributed by atoms with E-state index < -0.39 is 6.10 Å². The molecule has 0 aliphatic rings. The van der Waals surface area contributed by atoms with Crippen LogP contribution in [-0.4, -0.2) is 25.9 Å². The first-order valence-corrected chi connectivity index (χ1v) is 7.45. The smallest absolute Gasteiger partial charge is 0.106 e. The number of aliphatic hydroxyl groups is 1. The molecular weight excluding hydrogens is 288 g/mol. The van der Waals surface area contributed by atoms with Crippen molar-refractivity contribution in [3.8, 4) is 0 Å². The number of thioether (sulfide) groups is 1. The SMILES string of the molecule is CCC(C)SCC(O)c1c(Br)cnn1CC. The summed E-state index contributed by atoms with van der Waals surface area (Å²) in [5.41, 5.74) is 0.887. The minimum absolute atomic E-state index is 0.448. The van der Waals surface area contributed by atoms with Crippen molar-refractivity contribution in [1.82, 2.24) is 9.78 Å². The number of rotatable bonds is 6. The predicted molar refractivity (Wildman–Crippen MR) is 72.8 cm³/mol. The molecule has 5 heteroatoms. The van der Waals surface area contributed by atoms with Crippen molar-refractivity contribution >= 4 is 27.7 Å². The van der Waals surface area contributed by atoms with Crippen LogP contribution in [0.1, 0.15) is 39.0 Å². The van der Waals surface area contributed by atoms with Gasteiger partial charge in [-0.2, -0.15) is 16.9 Å². The number of halogens is 1. The van der Waals surface area contributed by atoms with Crippen LogP contribution >= 0.6 is 27.7 Å². The van der Waals surface area contributed by atoms with Gasteiger partial charge < -0.3 is 5.11 Å². The highest BCUT2D eigenvalue weighted by Gasteiger charge is 2.17. The maximum atomic E-state index is 10.1. The third kappa shape index (κ3) is 3.50. The van der Waals surface area contributed by atoms with Gasteiger partial charge in [0, 0.05) is 17.5 Å². The number of aromatic nitrogens is 2. The van der Waals surface area contributed by atoms with E-state index in [9.17, 15) is 5.11 Å². The summed E-state index contributed by atoms with van der Waals surface area (Å²) in [5, 5.41) is 14.9. The number of hydrogen-bond donors (Lipinski definition) is 1. The van der Waals surface area contributed by atoms with Gasteiger partial charge in [-0.1, -0.05) is 13.8 Å². The van der Waals surface area contributed by atoms with Gasteiger partial charge in [0.2, 0.25) is 0 Å². The summed E-state index contributed by atoms with van der Waals surface area (Å²) < 4.78 is 2.73. The van der Waals surface area contributed by atoms with Crippen molar-refractivity contribution in [3.63, 3.8) is 0 Å². The Hall–Kier alpha value is 0. The Labute approximate surface area is 110 Å². The van der Waals surface area contributed by atoms with Crippen LogP contribution in [0.4, 0.5) is 0 Å². The van der Waals surface area contributed by atoms with E-state index in [0.717, 1.165) is 28.9 Å². The maximum absolute atomic E-state index is 10.1. The highest BCUT2D eigenvalue weighted by Crippen LogP contribution is 2.27. The van der Waals surface area contributed by atoms with Crippen LogP contribution in [0.25, 0.3) is 0 Å². The largest absolute Gasteiger partial charge is 0.386 e. The van der Waals surface area contributed by atoms with Crippen molar-refractivity contribution in [1.29, 1.82) is 0 Å². The standard InChI is InChI=1S/C11H19BrN2OS/c1-4-8(3)16-7-10(15)11-9(12)6-13-14(11)5-2/h6,8,10,15H,4-5,7H2,1-3H3. The van der Waals surface area contributed by atoms with Crippen molar-refractivity contribution in [2.24, 2.45) is 0 Å². The van der Waals surface area contributed by atoms with E-state index in [1.165, 1.54) is 0 Å². The third-order valence-electron chi connectivity index (χ3n) is 2.56. The van der Waals surface area contributed by atoms with E-state index in [4.69, 9.17) is 0 Å². The van der Waals surface area contributed by atoms with Crippen LogP contribution < -0.4 is 0 Å². The second kappa shape index (κ2) is 6.67. The van der Waals surface area contributed by atoms with E-state index in [0.29, 0.717) is 5.25 Å². The van der Waals surface area contributed by atoms with Crippen LogP contribution in [0.5, 0.6) is 0 Å². The molecule has 0 aromatic carbocycles. The minimum atomic E-state index is -0.448. The second-order valence-electron chi connectivity index (χ2n) is 3.76. The molecule has 0 bridgehead atoms. The lowest BCUT2D eigenvalue weighted by Crippen LogP contribution is -2.11. The van der Waals surface area contributed by atoms with E-state index in [1.54, 1.807) is 18.0 Å². The fourth-order valence-electron chi connectivity index (χ4n) is 1.41. The molecule has 0 saturated carbocycles. The Balaban J connectivity index is 2.64. The van der Waals surface area contributed by atoms with Crippen molar-refractivity contribution < 1.29 is 5.11 Å². The van der Waals surface area contributed by atoms with Crippen molar-refractivity contribution in [2.45, 2.75) is 45.1 Å². The lowest BCUT2D eigenvalue weighted by molar-refractivity contribution is 0.191. The molecule has 3 nitrogen and oxygen atoms in total. The van der Waals surface area contributed by atoms with Gasteiger partial charge in [0.1, 0.15) is 6.10 Å². The first-order chi connectivity index (χ1) is 7.60. The zero-order valence-electron chi connectivity index (χ0n) is 9.98. The second-order valence-corrected chi connectivity index (χ2v) is 6.09. The molecule has 1 heterocycles. The van der Waals surface area contributed by atoms with Gasteiger partial charge in [-0.15, -0.1) is 0 Å². The van der Waals surface area contributed by atoms with E-state index in [1.807, 2.05) is 11.6 Å². The highest BCUT2D eigenvalue weighted by molar-refractivity contribution is 9.10. The molecule has 0 amide bonds. The van der Waals surface area contributed by atoms with Crippen LogP contribution in [-0.2, 0) is 6.54 Å². The normalized spacial score (nSPS) is 15.1. The molecular formula is C11H19BrN2OS. The van der Waals surface area contributed by atoms with E-state index in [-0.39, 0.29) is 0 Å². The van der Waals surface area contributed by atoms with Crippen LogP contribution in [0.2, 0.25) is 0 Å². The summed E-state index contributed by atoms with van der Waals surface area (Å²) in [6, 6.07) is 0. The number of aryl methyl sites for hydroxylation is 1. The molecule has 16 heavy (non-hydrogen) atoms. The lowest BCUT2D eigenvalue weighted by Gasteiger charge is -2.15. The molecule has 1 N–H and O–H groups in total. The molecule has 1 aromatic rings.